The molecule has 0 bridgehead atoms. The Morgan fingerprint density at radius 1 is 1.19 bits per heavy atom. The van der Waals surface area contributed by atoms with Gasteiger partial charge >= 0.3 is 0 Å². The van der Waals surface area contributed by atoms with Gasteiger partial charge in [-0.25, -0.2) is 19.4 Å². The summed E-state index contributed by atoms with van der Waals surface area (Å²) >= 11 is 0. The van der Waals surface area contributed by atoms with Crippen LogP contribution in [0.15, 0.2) is 41.5 Å². The van der Waals surface area contributed by atoms with Crippen molar-refractivity contribution in [1.82, 2.24) is 14.9 Å². The van der Waals surface area contributed by atoms with Crippen molar-refractivity contribution in [3.8, 4) is 0 Å². The highest BCUT2D eigenvalue weighted by atomic mass is 19.1. The van der Waals surface area contributed by atoms with Gasteiger partial charge in [0.15, 0.2) is 0 Å². The van der Waals surface area contributed by atoms with E-state index < -0.39 is 0 Å². The van der Waals surface area contributed by atoms with E-state index in [0.717, 1.165) is 41.3 Å². The zero-order valence-electron chi connectivity index (χ0n) is 18.9. The van der Waals surface area contributed by atoms with Crippen molar-refractivity contribution >= 4 is 23.1 Å². The van der Waals surface area contributed by atoms with Crippen LogP contribution in [0.25, 0.3) is 11.3 Å². The van der Waals surface area contributed by atoms with Gasteiger partial charge in [0, 0.05) is 36.0 Å². The van der Waals surface area contributed by atoms with Crippen molar-refractivity contribution < 1.29 is 4.39 Å². The number of rotatable bonds is 6. The maximum Gasteiger partial charge on any atom is 0.223 e. The molecule has 31 heavy (non-hydrogen) atoms. The molecule has 1 N–H and O–H groups in total. The lowest BCUT2D eigenvalue weighted by Gasteiger charge is -2.26. The van der Waals surface area contributed by atoms with E-state index in [4.69, 9.17) is 9.98 Å². The highest BCUT2D eigenvalue weighted by Gasteiger charge is 2.29. The van der Waals surface area contributed by atoms with Crippen LogP contribution in [-0.2, 0) is 0 Å². The number of nitrogens with one attached hydrogen (secondary N) is 1. The molecular weight excluding hydrogens is 389 g/mol. The fourth-order valence-electron chi connectivity index (χ4n) is 4.30. The topological polar surface area (TPSA) is 53.4 Å². The van der Waals surface area contributed by atoms with E-state index in [9.17, 15) is 4.39 Å². The smallest absolute Gasteiger partial charge is 0.223 e. The highest BCUT2D eigenvalue weighted by Crippen LogP contribution is 2.30. The number of aliphatic imine (C=N–C) groups is 1. The minimum absolute atomic E-state index is 0.251. The van der Waals surface area contributed by atoms with Gasteiger partial charge in [0.2, 0.25) is 5.95 Å². The zero-order chi connectivity index (χ0) is 22.0. The average molecular weight is 422 g/mol. The maximum atomic E-state index is 13.6. The molecular formula is C25H32FN5. The molecule has 2 atom stereocenters. The maximum absolute atomic E-state index is 13.6. The van der Waals surface area contributed by atoms with Crippen LogP contribution >= 0.6 is 0 Å². The fourth-order valence-corrected chi connectivity index (χ4v) is 4.30. The minimum Gasteiger partial charge on any atom is -0.357 e. The minimum atomic E-state index is -0.251. The monoisotopic (exact) mass is 421 g/mol. The standard InChI is InChI=1S/C25H32FN5/c1-5-22-14-16(2)15-31(22)18(4)28-24(19-6-8-20(26)9-7-19)17(3)23-12-13-27-25(30-23)29-21-10-11-21/h6-9,12-13,16,21-22H,5,10-11,14-15H2,1-4H3,(H,27,29,30)/b24-17+,28-18?. The highest BCUT2D eigenvalue weighted by molar-refractivity contribution is 5.95. The van der Waals surface area contributed by atoms with E-state index in [-0.39, 0.29) is 5.82 Å². The number of allylic oxidation sites excluding steroid dienone is 1. The first-order chi connectivity index (χ1) is 14.9. The Hall–Kier alpha value is -2.76. The summed E-state index contributed by atoms with van der Waals surface area (Å²) in [4.78, 5) is 16.6. The van der Waals surface area contributed by atoms with Crippen molar-refractivity contribution in [2.45, 2.75) is 65.5 Å². The summed E-state index contributed by atoms with van der Waals surface area (Å²) in [6.45, 7) is 9.67. The molecule has 1 aromatic carbocycles. The first-order valence-corrected chi connectivity index (χ1v) is 11.3. The molecule has 6 heteroatoms. The number of halogens is 1. The van der Waals surface area contributed by atoms with Gasteiger partial charge in [0.1, 0.15) is 11.7 Å². The summed E-state index contributed by atoms with van der Waals surface area (Å²) in [5, 5.41) is 3.36. The Morgan fingerprint density at radius 3 is 2.61 bits per heavy atom. The Kier molecular flexibility index (Phi) is 6.35. The van der Waals surface area contributed by atoms with Gasteiger partial charge in [-0.15, -0.1) is 0 Å². The van der Waals surface area contributed by atoms with E-state index in [0.29, 0.717) is 23.9 Å². The van der Waals surface area contributed by atoms with E-state index in [1.165, 1.54) is 31.4 Å². The molecule has 0 radical (unpaired) electrons. The molecule has 2 unspecified atom stereocenters. The van der Waals surface area contributed by atoms with Crippen LogP contribution in [0.3, 0.4) is 0 Å². The number of anilines is 1. The lowest BCUT2D eigenvalue weighted by molar-refractivity contribution is 0.376. The second-order valence-electron chi connectivity index (χ2n) is 8.88. The van der Waals surface area contributed by atoms with Crippen LogP contribution in [0, 0.1) is 11.7 Å². The van der Waals surface area contributed by atoms with Crippen LogP contribution < -0.4 is 5.32 Å². The molecule has 2 fully saturated rings. The first kappa shape index (κ1) is 21.5. The lowest BCUT2D eigenvalue weighted by Crippen LogP contribution is -2.33. The summed E-state index contributed by atoms with van der Waals surface area (Å²) in [6, 6.07) is 9.47. The van der Waals surface area contributed by atoms with Gasteiger partial charge in [-0.2, -0.15) is 0 Å². The van der Waals surface area contributed by atoms with Gasteiger partial charge in [0.05, 0.1) is 11.4 Å². The quantitative estimate of drug-likeness (QED) is 0.486. The largest absolute Gasteiger partial charge is 0.357 e. The van der Waals surface area contributed by atoms with Gasteiger partial charge in [-0.1, -0.05) is 13.8 Å². The normalized spacial score (nSPS) is 22.5. The average Bonchev–Trinajstić information content (AvgIpc) is 3.50. The Balaban J connectivity index is 1.74. The molecule has 2 heterocycles. The molecule has 1 aliphatic carbocycles. The van der Waals surface area contributed by atoms with Crippen LogP contribution in [0.4, 0.5) is 10.3 Å². The van der Waals surface area contributed by atoms with Crippen LogP contribution in [-0.4, -0.2) is 39.3 Å². The summed E-state index contributed by atoms with van der Waals surface area (Å²) < 4.78 is 13.6. The van der Waals surface area contributed by atoms with E-state index in [2.05, 4.69) is 36.0 Å². The molecule has 0 spiro atoms. The summed E-state index contributed by atoms with van der Waals surface area (Å²) in [5.74, 6) is 2.06. The number of aromatic nitrogens is 2. The summed E-state index contributed by atoms with van der Waals surface area (Å²) in [6.07, 6.45) is 6.41. The third-order valence-corrected chi connectivity index (χ3v) is 6.21. The van der Waals surface area contributed by atoms with Crippen molar-refractivity contribution in [3.63, 3.8) is 0 Å². The number of hydrogen-bond donors (Lipinski definition) is 1. The van der Waals surface area contributed by atoms with E-state index in [1.807, 2.05) is 13.0 Å². The van der Waals surface area contributed by atoms with Crippen molar-refractivity contribution in [3.05, 3.63) is 53.6 Å². The van der Waals surface area contributed by atoms with Gasteiger partial charge in [-0.3, -0.25) is 0 Å². The van der Waals surface area contributed by atoms with E-state index in [1.54, 1.807) is 18.3 Å². The Labute approximate surface area is 184 Å². The third kappa shape index (κ3) is 5.12. The van der Waals surface area contributed by atoms with Crippen LogP contribution in [0.1, 0.15) is 64.6 Å². The van der Waals surface area contributed by atoms with Crippen LogP contribution in [0.2, 0.25) is 0 Å². The first-order valence-electron chi connectivity index (χ1n) is 11.3. The summed E-state index contributed by atoms with van der Waals surface area (Å²) in [5.41, 5.74) is 3.49. The third-order valence-electron chi connectivity index (χ3n) is 6.21. The SMILES string of the molecule is CCC1CC(C)CN1C(C)=N/C(=C(\C)c1ccnc(NC2CC2)n1)c1ccc(F)cc1. The molecule has 2 aliphatic rings. The van der Waals surface area contributed by atoms with E-state index >= 15 is 0 Å². The molecule has 1 aliphatic heterocycles. The van der Waals surface area contributed by atoms with Gasteiger partial charge < -0.3 is 10.2 Å². The molecule has 0 amide bonds. The second-order valence-corrected chi connectivity index (χ2v) is 8.88. The molecule has 1 saturated carbocycles. The fraction of sp³-hybridized carbons (Fsp3) is 0.480. The predicted octanol–water partition coefficient (Wildman–Crippen LogP) is 5.62. The predicted molar refractivity (Wildman–Crippen MR) is 125 cm³/mol. The number of benzene rings is 1. The number of hydrogen-bond acceptors (Lipinski definition) is 4. The number of nitrogens with zero attached hydrogens (tertiary/aromatic N) is 4. The van der Waals surface area contributed by atoms with Crippen molar-refractivity contribution in [2.75, 3.05) is 11.9 Å². The molecule has 1 saturated heterocycles. The van der Waals surface area contributed by atoms with Gasteiger partial charge in [-0.05, 0) is 75.8 Å². The second kappa shape index (κ2) is 9.16. The van der Waals surface area contributed by atoms with Gasteiger partial charge in [0.25, 0.3) is 0 Å². The molecule has 4 rings (SSSR count). The molecule has 1 aromatic heterocycles. The summed E-state index contributed by atoms with van der Waals surface area (Å²) in [7, 11) is 0. The number of likely N-dealkylation sites (tertiary alicyclic amines) is 1. The number of amidine groups is 1. The molecule has 164 valence electrons. The Morgan fingerprint density at radius 2 is 1.94 bits per heavy atom. The zero-order valence-corrected chi connectivity index (χ0v) is 18.9. The lowest BCUT2D eigenvalue weighted by atomic mass is 10.0. The van der Waals surface area contributed by atoms with Crippen LogP contribution in [0.5, 0.6) is 0 Å². The molecule has 5 nitrogen and oxygen atoms in total. The van der Waals surface area contributed by atoms with Crippen molar-refractivity contribution in [1.29, 1.82) is 0 Å². The van der Waals surface area contributed by atoms with Crippen molar-refractivity contribution in [2.24, 2.45) is 10.9 Å². The Bertz CT molecular complexity index is 978. The molecule has 2 aromatic rings.